The lowest BCUT2D eigenvalue weighted by atomic mass is 9.98. The topological polar surface area (TPSA) is 35.9 Å². The van der Waals surface area contributed by atoms with Gasteiger partial charge < -0.3 is 0 Å². The summed E-state index contributed by atoms with van der Waals surface area (Å²) in [5, 5.41) is 0. The molecule has 88 valence electrons. The lowest BCUT2D eigenvalue weighted by Gasteiger charge is -2.42. The minimum atomic E-state index is -0.222. The summed E-state index contributed by atoms with van der Waals surface area (Å²) in [5.41, 5.74) is -0.222. The van der Waals surface area contributed by atoms with E-state index < -0.39 is 0 Å². The Morgan fingerprint density at radius 3 is 3.12 bits per heavy atom. The minimum Gasteiger partial charge on any atom is -0.288 e. The van der Waals surface area contributed by atoms with Gasteiger partial charge in [-0.25, -0.2) is 4.99 Å². The summed E-state index contributed by atoms with van der Waals surface area (Å²) in [6, 6.07) is 0. The van der Waals surface area contributed by atoms with Crippen molar-refractivity contribution in [2.75, 3.05) is 19.6 Å². The first-order valence-electron chi connectivity index (χ1n) is 5.95. The number of carbonyl (C=O) groups is 1. The second-order valence-electron chi connectivity index (χ2n) is 4.92. The largest absolute Gasteiger partial charge is 0.288 e. The highest BCUT2D eigenvalue weighted by atomic mass is 35.5. The molecule has 0 N–H and O–H groups in total. The molecule has 5 heteroatoms. The second-order valence-corrected chi connectivity index (χ2v) is 5.37. The molecule has 0 aromatic carbocycles. The van der Waals surface area contributed by atoms with E-state index in [-0.39, 0.29) is 11.4 Å². The quantitative estimate of drug-likeness (QED) is 0.506. The Kier molecular flexibility index (Phi) is 2.73. The van der Waals surface area contributed by atoms with E-state index in [1.54, 1.807) is 6.21 Å². The van der Waals surface area contributed by atoms with Crippen LogP contribution < -0.4 is 0 Å². The monoisotopic (exact) mass is 241 g/mol. The third-order valence-electron chi connectivity index (χ3n) is 3.93. The highest BCUT2D eigenvalue weighted by molar-refractivity contribution is 6.28. The van der Waals surface area contributed by atoms with E-state index in [0.717, 1.165) is 18.9 Å². The SMILES string of the molecule is O=C1CN(C2CCC3CCN2C3)C(Cl)C=N1. The van der Waals surface area contributed by atoms with Crippen LogP contribution in [0.1, 0.15) is 19.3 Å². The molecule has 0 spiro atoms. The molecule has 2 fully saturated rings. The number of aliphatic imine (C=N–C) groups is 1. The molecular formula is C11H16ClN3O. The Morgan fingerprint density at radius 2 is 2.25 bits per heavy atom. The average molecular weight is 242 g/mol. The molecule has 3 aliphatic heterocycles. The predicted octanol–water partition coefficient (Wildman–Crippen LogP) is 0.906. The Morgan fingerprint density at radius 1 is 1.38 bits per heavy atom. The first-order valence-corrected chi connectivity index (χ1v) is 6.38. The zero-order valence-electron chi connectivity index (χ0n) is 9.18. The van der Waals surface area contributed by atoms with Gasteiger partial charge in [-0.15, -0.1) is 0 Å². The van der Waals surface area contributed by atoms with Crippen molar-refractivity contribution in [1.29, 1.82) is 0 Å². The molecule has 0 aromatic rings. The van der Waals surface area contributed by atoms with Crippen LogP contribution in [0.5, 0.6) is 0 Å². The summed E-state index contributed by atoms with van der Waals surface area (Å²) >= 11 is 6.21. The maximum atomic E-state index is 11.4. The number of rotatable bonds is 1. The van der Waals surface area contributed by atoms with E-state index in [1.807, 2.05) is 0 Å². The first-order chi connectivity index (χ1) is 7.74. The molecule has 0 aliphatic carbocycles. The summed E-state index contributed by atoms with van der Waals surface area (Å²) in [6.07, 6.45) is 5.62. The maximum absolute atomic E-state index is 11.4. The van der Waals surface area contributed by atoms with E-state index in [1.165, 1.54) is 19.4 Å². The third kappa shape index (κ3) is 1.79. The number of amides is 1. The molecule has 16 heavy (non-hydrogen) atoms. The number of piperidine rings is 1. The molecule has 3 rings (SSSR count). The van der Waals surface area contributed by atoms with Crippen molar-refractivity contribution >= 4 is 23.7 Å². The number of halogens is 1. The number of nitrogens with zero attached hydrogens (tertiary/aromatic N) is 3. The van der Waals surface area contributed by atoms with E-state index in [4.69, 9.17) is 11.6 Å². The van der Waals surface area contributed by atoms with Crippen molar-refractivity contribution in [1.82, 2.24) is 9.80 Å². The summed E-state index contributed by atoms with van der Waals surface area (Å²) in [4.78, 5) is 19.7. The normalized spacial score (nSPS) is 43.9. The van der Waals surface area contributed by atoms with Gasteiger partial charge in [0, 0.05) is 12.8 Å². The number of fused-ring (bicyclic) bond motifs is 2. The molecule has 4 unspecified atom stereocenters. The number of hydrogen-bond acceptors (Lipinski definition) is 3. The Labute approximate surface area is 100 Å². The minimum absolute atomic E-state index is 0.0711. The first kappa shape index (κ1) is 10.7. The van der Waals surface area contributed by atoms with Gasteiger partial charge in [0.05, 0.1) is 12.7 Å². The summed E-state index contributed by atoms with van der Waals surface area (Å²) < 4.78 is 0. The summed E-state index contributed by atoms with van der Waals surface area (Å²) in [6.45, 7) is 2.70. The van der Waals surface area contributed by atoms with Crippen molar-refractivity contribution in [3.8, 4) is 0 Å². The van der Waals surface area contributed by atoms with Gasteiger partial charge in [-0.05, 0) is 31.7 Å². The highest BCUT2D eigenvalue weighted by Crippen LogP contribution is 2.33. The fourth-order valence-electron chi connectivity index (χ4n) is 3.10. The van der Waals surface area contributed by atoms with Gasteiger partial charge in [0.1, 0.15) is 5.50 Å². The van der Waals surface area contributed by atoms with E-state index in [2.05, 4.69) is 14.8 Å². The van der Waals surface area contributed by atoms with Crippen molar-refractivity contribution in [2.24, 2.45) is 10.9 Å². The van der Waals surface area contributed by atoms with Crippen LogP contribution in [0.2, 0.25) is 0 Å². The van der Waals surface area contributed by atoms with Crippen molar-refractivity contribution in [2.45, 2.75) is 30.9 Å². The third-order valence-corrected chi connectivity index (χ3v) is 4.29. The van der Waals surface area contributed by atoms with Gasteiger partial charge in [-0.1, -0.05) is 11.6 Å². The Hall–Kier alpha value is -0.450. The second kappa shape index (κ2) is 4.09. The molecular weight excluding hydrogens is 226 g/mol. The molecule has 4 nitrogen and oxygen atoms in total. The molecule has 0 aromatic heterocycles. The van der Waals surface area contributed by atoms with E-state index in [0.29, 0.717) is 12.7 Å². The number of carbonyl (C=O) groups excluding carboxylic acids is 1. The molecule has 4 atom stereocenters. The molecule has 0 radical (unpaired) electrons. The van der Waals surface area contributed by atoms with Crippen molar-refractivity contribution < 1.29 is 4.79 Å². The summed E-state index contributed by atoms with van der Waals surface area (Å²) in [7, 11) is 0. The molecule has 2 bridgehead atoms. The highest BCUT2D eigenvalue weighted by Gasteiger charge is 2.39. The fraction of sp³-hybridized carbons (Fsp3) is 0.818. The number of hydrogen-bond donors (Lipinski definition) is 0. The Balaban J connectivity index is 1.76. The van der Waals surface area contributed by atoms with Crippen LogP contribution in [0.25, 0.3) is 0 Å². The molecule has 3 aliphatic rings. The van der Waals surface area contributed by atoms with Crippen LogP contribution in [0.4, 0.5) is 0 Å². The van der Waals surface area contributed by atoms with Gasteiger partial charge in [-0.3, -0.25) is 14.6 Å². The van der Waals surface area contributed by atoms with Crippen LogP contribution in [0.15, 0.2) is 4.99 Å². The van der Waals surface area contributed by atoms with Crippen LogP contribution in [0, 0.1) is 5.92 Å². The van der Waals surface area contributed by atoms with E-state index in [9.17, 15) is 4.79 Å². The lowest BCUT2D eigenvalue weighted by Crippen LogP contribution is -2.55. The predicted molar refractivity (Wildman–Crippen MR) is 62.5 cm³/mol. The number of alkyl halides is 1. The van der Waals surface area contributed by atoms with Crippen LogP contribution in [-0.2, 0) is 4.79 Å². The zero-order valence-corrected chi connectivity index (χ0v) is 9.94. The average Bonchev–Trinajstić information content (AvgIpc) is 2.65. The summed E-state index contributed by atoms with van der Waals surface area (Å²) in [5.74, 6) is 0.803. The van der Waals surface area contributed by atoms with Crippen LogP contribution in [0.3, 0.4) is 0 Å². The standard InChI is InChI=1S/C11H16ClN3O/c12-9-5-13-10(16)7-15(9)11-2-1-8-3-4-14(11)6-8/h5,8-9,11H,1-4,6-7H2. The molecule has 0 saturated carbocycles. The Bertz CT molecular complexity index is 333. The van der Waals surface area contributed by atoms with Gasteiger partial charge in [0.25, 0.3) is 5.91 Å². The lowest BCUT2D eigenvalue weighted by molar-refractivity contribution is -0.121. The van der Waals surface area contributed by atoms with E-state index >= 15 is 0 Å². The van der Waals surface area contributed by atoms with Gasteiger partial charge >= 0.3 is 0 Å². The maximum Gasteiger partial charge on any atom is 0.259 e. The van der Waals surface area contributed by atoms with Crippen molar-refractivity contribution in [3.63, 3.8) is 0 Å². The zero-order chi connectivity index (χ0) is 11.1. The van der Waals surface area contributed by atoms with Gasteiger partial charge in [-0.2, -0.15) is 0 Å². The van der Waals surface area contributed by atoms with Crippen LogP contribution in [-0.4, -0.2) is 53.2 Å². The molecule has 3 heterocycles. The van der Waals surface area contributed by atoms with Gasteiger partial charge in [0.2, 0.25) is 0 Å². The molecule has 1 amide bonds. The van der Waals surface area contributed by atoms with Gasteiger partial charge in [0.15, 0.2) is 0 Å². The fourth-order valence-corrected chi connectivity index (χ4v) is 3.35. The van der Waals surface area contributed by atoms with Crippen LogP contribution >= 0.6 is 11.6 Å². The molecule has 2 saturated heterocycles. The smallest absolute Gasteiger partial charge is 0.259 e. The van der Waals surface area contributed by atoms with Crippen molar-refractivity contribution in [3.05, 3.63) is 0 Å².